The van der Waals surface area contributed by atoms with E-state index in [9.17, 15) is 9.59 Å². The van der Waals surface area contributed by atoms with Crippen molar-refractivity contribution in [2.45, 2.75) is 45.2 Å². The van der Waals surface area contributed by atoms with E-state index in [-0.39, 0.29) is 23.9 Å². The fourth-order valence-corrected chi connectivity index (χ4v) is 5.95. The van der Waals surface area contributed by atoms with Crippen LogP contribution in [-0.2, 0) is 16.0 Å². The Kier molecular flexibility index (Phi) is 10.1. The first-order valence-corrected chi connectivity index (χ1v) is 15.3. The van der Waals surface area contributed by atoms with Crippen LogP contribution in [0.4, 0.5) is 0 Å². The molecule has 226 valence electrons. The summed E-state index contributed by atoms with van der Waals surface area (Å²) in [4.78, 5) is 29.8. The second kappa shape index (κ2) is 14.1. The molecule has 2 aliphatic rings. The summed E-state index contributed by atoms with van der Waals surface area (Å²) in [6.07, 6.45) is 2.42. The summed E-state index contributed by atoms with van der Waals surface area (Å²) in [5.41, 5.74) is 5.23. The third-order valence-electron chi connectivity index (χ3n) is 8.15. The van der Waals surface area contributed by atoms with E-state index in [0.29, 0.717) is 50.0 Å². The van der Waals surface area contributed by atoms with Crippen molar-refractivity contribution in [1.82, 2.24) is 15.1 Å². The van der Waals surface area contributed by atoms with Gasteiger partial charge in [0.15, 0.2) is 0 Å². The Morgan fingerprint density at radius 1 is 0.977 bits per heavy atom. The number of amides is 2. The van der Waals surface area contributed by atoms with Gasteiger partial charge in [0.05, 0.1) is 24.2 Å². The predicted octanol–water partition coefficient (Wildman–Crippen LogP) is 5.54. The maximum Gasteiger partial charge on any atom is 0.251 e. The lowest BCUT2D eigenvalue weighted by atomic mass is 9.82. The number of benzene rings is 3. The van der Waals surface area contributed by atoms with Crippen molar-refractivity contribution >= 4 is 29.0 Å². The van der Waals surface area contributed by atoms with E-state index in [2.05, 4.69) is 29.6 Å². The molecule has 7 nitrogen and oxygen atoms in total. The maximum atomic E-state index is 14.0. The van der Waals surface area contributed by atoms with Crippen LogP contribution in [0.15, 0.2) is 78.4 Å². The van der Waals surface area contributed by atoms with Gasteiger partial charge in [0, 0.05) is 38.7 Å². The van der Waals surface area contributed by atoms with Crippen LogP contribution in [0.1, 0.15) is 36.5 Å². The maximum absolute atomic E-state index is 14.0. The minimum Gasteiger partial charge on any atom is -0.492 e. The molecule has 1 fully saturated rings. The first-order valence-electron chi connectivity index (χ1n) is 14.9. The molecule has 3 aromatic rings. The van der Waals surface area contributed by atoms with Crippen LogP contribution in [0.2, 0.25) is 5.02 Å². The second-order valence-corrected chi connectivity index (χ2v) is 11.8. The zero-order chi connectivity index (χ0) is 30.3. The highest BCUT2D eigenvalue weighted by atomic mass is 35.5. The van der Waals surface area contributed by atoms with Gasteiger partial charge in [0.2, 0.25) is 5.91 Å². The fraction of sp³-hybridized carbons (Fsp3) is 0.371. The Hall–Kier alpha value is -3.81. The highest BCUT2D eigenvalue weighted by Gasteiger charge is 2.39. The number of nitrogens with one attached hydrogen (secondary N) is 1. The van der Waals surface area contributed by atoms with Crippen molar-refractivity contribution in [2.24, 2.45) is 0 Å². The molecule has 0 saturated carbocycles. The molecule has 0 aromatic heterocycles. The highest BCUT2D eigenvalue weighted by Crippen LogP contribution is 2.34. The third-order valence-corrected chi connectivity index (χ3v) is 8.46. The molecule has 0 spiro atoms. The van der Waals surface area contributed by atoms with Crippen LogP contribution in [0.25, 0.3) is 5.57 Å². The summed E-state index contributed by atoms with van der Waals surface area (Å²) < 4.78 is 11.7. The minimum absolute atomic E-state index is 0.0365. The van der Waals surface area contributed by atoms with E-state index in [0.717, 1.165) is 35.3 Å². The number of carbonyl (C=O) groups is 2. The summed E-state index contributed by atoms with van der Waals surface area (Å²) in [6, 6.07) is 23.8. The van der Waals surface area contributed by atoms with Crippen molar-refractivity contribution in [3.8, 4) is 11.5 Å². The summed E-state index contributed by atoms with van der Waals surface area (Å²) in [6.45, 7) is 6.18. The molecule has 1 N–H and O–H groups in total. The molecule has 2 atom stereocenters. The molecule has 2 aliphatic heterocycles. The van der Waals surface area contributed by atoms with Crippen LogP contribution >= 0.6 is 11.6 Å². The van der Waals surface area contributed by atoms with E-state index < -0.39 is 0 Å². The lowest BCUT2D eigenvalue weighted by Gasteiger charge is -2.44. The Balaban J connectivity index is 1.28. The Morgan fingerprint density at radius 2 is 1.72 bits per heavy atom. The highest BCUT2D eigenvalue weighted by molar-refractivity contribution is 6.32. The van der Waals surface area contributed by atoms with Gasteiger partial charge in [-0.25, -0.2) is 0 Å². The predicted molar refractivity (Wildman–Crippen MR) is 171 cm³/mol. The van der Waals surface area contributed by atoms with Gasteiger partial charge in [0.1, 0.15) is 18.1 Å². The first kappa shape index (κ1) is 30.6. The molecule has 2 bridgehead atoms. The van der Waals surface area contributed by atoms with Crippen LogP contribution in [0.5, 0.6) is 11.5 Å². The van der Waals surface area contributed by atoms with Crippen molar-refractivity contribution in [3.05, 3.63) is 100 Å². The van der Waals surface area contributed by atoms with Crippen molar-refractivity contribution in [2.75, 3.05) is 39.9 Å². The minimum atomic E-state index is -0.221. The van der Waals surface area contributed by atoms with Crippen LogP contribution in [-0.4, -0.2) is 73.6 Å². The van der Waals surface area contributed by atoms with E-state index in [1.54, 1.807) is 11.8 Å². The number of fused-ring (bicyclic) bond motifs is 2. The summed E-state index contributed by atoms with van der Waals surface area (Å²) in [7, 11) is 1.82. The standard InChI is InChI=1S/C35H40ClN3O4/c1-24-10-16-29(17-11-24)42-20-18-38(3)35(41)34-30(21-28-22-39(25(2)40)23-32(34)37-28)27-14-12-26(13-15-27)7-6-19-43-33-9-5-4-8-31(33)36/h4-5,8-17,28,32,37H,6-7,18-23H2,1-3H3. The smallest absolute Gasteiger partial charge is 0.251 e. The van der Waals surface area contributed by atoms with E-state index in [1.165, 1.54) is 11.1 Å². The molecule has 5 rings (SSSR count). The molecule has 43 heavy (non-hydrogen) atoms. The molecule has 0 radical (unpaired) electrons. The van der Waals surface area contributed by atoms with Gasteiger partial charge in [-0.15, -0.1) is 0 Å². The van der Waals surface area contributed by atoms with Gasteiger partial charge >= 0.3 is 0 Å². The zero-order valence-electron chi connectivity index (χ0n) is 25.1. The van der Waals surface area contributed by atoms with Gasteiger partial charge in [-0.2, -0.15) is 0 Å². The van der Waals surface area contributed by atoms with Gasteiger partial charge in [0.25, 0.3) is 5.91 Å². The SMILES string of the molecule is CC(=O)N1CC2CC(c3ccc(CCCOc4ccccc4Cl)cc3)=C(C(=O)N(C)CCOc3ccc(C)cc3)C(C1)N2. The largest absolute Gasteiger partial charge is 0.492 e. The summed E-state index contributed by atoms with van der Waals surface area (Å²) >= 11 is 6.19. The fourth-order valence-electron chi connectivity index (χ4n) is 5.76. The van der Waals surface area contributed by atoms with Gasteiger partial charge in [-0.3, -0.25) is 9.59 Å². The number of piperazine rings is 1. The monoisotopic (exact) mass is 601 g/mol. The number of likely N-dealkylation sites (N-methyl/N-ethyl adjacent to an activating group) is 1. The van der Waals surface area contributed by atoms with Gasteiger partial charge < -0.3 is 24.6 Å². The average molecular weight is 602 g/mol. The molecule has 3 aromatic carbocycles. The number of aryl methyl sites for hydroxylation is 2. The number of halogens is 1. The molecule has 2 unspecified atom stereocenters. The molecule has 0 aliphatic carbocycles. The lowest BCUT2D eigenvalue weighted by molar-refractivity contribution is -0.132. The normalized spacial score (nSPS) is 17.9. The van der Waals surface area contributed by atoms with Crippen LogP contribution in [0, 0.1) is 6.92 Å². The molecule has 1 saturated heterocycles. The van der Waals surface area contributed by atoms with E-state index >= 15 is 0 Å². The van der Waals surface area contributed by atoms with Crippen molar-refractivity contribution in [3.63, 3.8) is 0 Å². The third kappa shape index (κ3) is 7.78. The average Bonchev–Trinajstić information content (AvgIpc) is 3.00. The number of nitrogens with zero attached hydrogens (tertiary/aromatic N) is 2. The van der Waals surface area contributed by atoms with E-state index in [1.807, 2.05) is 67.4 Å². The number of hydrogen-bond acceptors (Lipinski definition) is 5. The number of para-hydroxylation sites is 1. The zero-order valence-corrected chi connectivity index (χ0v) is 25.9. The molecule has 8 heteroatoms. The lowest BCUT2D eigenvalue weighted by Crippen LogP contribution is -2.61. The first-order chi connectivity index (χ1) is 20.8. The Bertz CT molecular complexity index is 1450. The Labute approximate surface area is 259 Å². The van der Waals surface area contributed by atoms with Crippen LogP contribution in [0.3, 0.4) is 0 Å². The molecular formula is C35H40ClN3O4. The van der Waals surface area contributed by atoms with Gasteiger partial charge in [-0.1, -0.05) is 65.7 Å². The Morgan fingerprint density at radius 3 is 2.44 bits per heavy atom. The quantitative estimate of drug-likeness (QED) is 0.292. The number of hydrogen-bond donors (Lipinski definition) is 1. The topological polar surface area (TPSA) is 71.1 Å². The number of ether oxygens (including phenoxy) is 2. The van der Waals surface area contributed by atoms with Crippen LogP contribution < -0.4 is 14.8 Å². The molecular weight excluding hydrogens is 562 g/mol. The van der Waals surface area contributed by atoms with E-state index in [4.69, 9.17) is 21.1 Å². The van der Waals surface area contributed by atoms with Crippen molar-refractivity contribution in [1.29, 1.82) is 0 Å². The van der Waals surface area contributed by atoms with Gasteiger partial charge in [-0.05, 0) is 67.2 Å². The summed E-state index contributed by atoms with van der Waals surface area (Å²) in [5.74, 6) is 1.49. The molecule has 2 heterocycles. The van der Waals surface area contributed by atoms with Crippen molar-refractivity contribution < 1.29 is 19.1 Å². The number of rotatable bonds is 11. The second-order valence-electron chi connectivity index (χ2n) is 11.4. The number of carbonyl (C=O) groups excluding carboxylic acids is 2. The molecule has 2 amide bonds. The summed E-state index contributed by atoms with van der Waals surface area (Å²) in [5, 5.41) is 4.24.